The summed E-state index contributed by atoms with van der Waals surface area (Å²) in [6.45, 7) is 10.5. The molecule has 1 aromatic heterocycles. The van der Waals surface area contributed by atoms with E-state index in [0.717, 1.165) is 0 Å². The summed E-state index contributed by atoms with van der Waals surface area (Å²) in [5, 5.41) is 0. The van der Waals surface area contributed by atoms with E-state index in [1.54, 1.807) is 0 Å². The van der Waals surface area contributed by atoms with Crippen LogP contribution in [0.2, 0.25) is 0 Å². The van der Waals surface area contributed by atoms with Crippen molar-refractivity contribution in [3.05, 3.63) is 53.3 Å². The molecule has 2 rings (SSSR count). The summed E-state index contributed by atoms with van der Waals surface area (Å²) in [6.07, 6.45) is 3.67. The Morgan fingerprint density at radius 2 is 1.24 bits per heavy atom. The lowest BCUT2D eigenvalue weighted by Gasteiger charge is -2.08. The Balaban J connectivity index is 0.000000686. The summed E-state index contributed by atoms with van der Waals surface area (Å²) in [6, 6.07) is 8.56. The molecule has 0 saturated carbocycles. The first-order valence-electron chi connectivity index (χ1n) is 6.17. The maximum absolute atomic E-state index is 4.03. The number of nitrogens with zero attached hydrogens (tertiary/aromatic N) is 1. The van der Waals surface area contributed by atoms with E-state index in [0.29, 0.717) is 0 Å². The van der Waals surface area contributed by atoms with Crippen LogP contribution in [0.3, 0.4) is 0 Å². The highest BCUT2D eigenvalue weighted by molar-refractivity contribution is 5.65. The summed E-state index contributed by atoms with van der Waals surface area (Å²) in [5.74, 6) is 0. The molecule has 0 amide bonds. The minimum atomic E-state index is 1.23. The fourth-order valence-corrected chi connectivity index (χ4v) is 1.75. The standard InChI is InChI=1S/C14H15N.C2H6/c1-10-8-14(9-11(2)12(10)3)13-4-6-15-7-5-13;1-2/h4-9H,1-3H3;1-2H3. The van der Waals surface area contributed by atoms with Gasteiger partial charge in [-0.3, -0.25) is 4.98 Å². The molecule has 0 aliphatic heterocycles. The molecule has 0 spiro atoms. The second-order valence-corrected chi connectivity index (χ2v) is 3.97. The Kier molecular flexibility index (Phi) is 4.89. The average molecular weight is 227 g/mol. The zero-order valence-electron chi connectivity index (χ0n) is 11.4. The minimum Gasteiger partial charge on any atom is -0.265 e. The minimum absolute atomic E-state index is 1.23. The molecule has 0 bridgehead atoms. The second kappa shape index (κ2) is 6.19. The predicted molar refractivity (Wildman–Crippen MR) is 75.2 cm³/mol. The van der Waals surface area contributed by atoms with Gasteiger partial charge in [0, 0.05) is 12.4 Å². The zero-order valence-corrected chi connectivity index (χ0v) is 11.4. The van der Waals surface area contributed by atoms with Crippen LogP contribution in [-0.4, -0.2) is 4.98 Å². The van der Waals surface area contributed by atoms with Crippen LogP contribution in [0.25, 0.3) is 11.1 Å². The molecule has 0 aliphatic rings. The van der Waals surface area contributed by atoms with E-state index in [9.17, 15) is 0 Å². The summed E-state index contributed by atoms with van der Waals surface area (Å²) in [4.78, 5) is 4.03. The van der Waals surface area contributed by atoms with Crippen LogP contribution in [0.5, 0.6) is 0 Å². The van der Waals surface area contributed by atoms with Crippen molar-refractivity contribution < 1.29 is 0 Å². The molecule has 0 unspecified atom stereocenters. The van der Waals surface area contributed by atoms with Crippen LogP contribution in [0, 0.1) is 20.8 Å². The van der Waals surface area contributed by atoms with E-state index in [1.807, 2.05) is 38.4 Å². The van der Waals surface area contributed by atoms with E-state index in [4.69, 9.17) is 0 Å². The Morgan fingerprint density at radius 3 is 1.71 bits per heavy atom. The van der Waals surface area contributed by atoms with E-state index in [-0.39, 0.29) is 0 Å². The smallest absolute Gasteiger partial charge is 0.0273 e. The Hall–Kier alpha value is -1.63. The fourth-order valence-electron chi connectivity index (χ4n) is 1.75. The van der Waals surface area contributed by atoms with Crippen molar-refractivity contribution >= 4 is 0 Å². The first kappa shape index (κ1) is 13.4. The lowest BCUT2D eigenvalue weighted by molar-refractivity contribution is 1.26. The SMILES string of the molecule is CC.Cc1cc(-c2ccncc2)cc(C)c1C. The molecule has 1 nitrogen and oxygen atoms in total. The molecular weight excluding hydrogens is 206 g/mol. The number of benzene rings is 1. The van der Waals surface area contributed by atoms with Crippen LogP contribution in [0.15, 0.2) is 36.7 Å². The lowest BCUT2D eigenvalue weighted by atomic mass is 9.97. The van der Waals surface area contributed by atoms with Gasteiger partial charge in [0.2, 0.25) is 0 Å². The van der Waals surface area contributed by atoms with E-state index < -0.39 is 0 Å². The number of hydrogen-bond acceptors (Lipinski definition) is 1. The van der Waals surface area contributed by atoms with Crippen LogP contribution < -0.4 is 0 Å². The third-order valence-electron chi connectivity index (χ3n) is 2.94. The van der Waals surface area contributed by atoms with Gasteiger partial charge in [0.1, 0.15) is 0 Å². The van der Waals surface area contributed by atoms with Gasteiger partial charge in [0.15, 0.2) is 0 Å². The molecule has 0 fully saturated rings. The van der Waals surface area contributed by atoms with E-state index in [2.05, 4.69) is 37.9 Å². The van der Waals surface area contributed by atoms with Crippen molar-refractivity contribution in [2.24, 2.45) is 0 Å². The highest BCUT2D eigenvalue weighted by Gasteiger charge is 2.02. The van der Waals surface area contributed by atoms with Crippen LogP contribution >= 0.6 is 0 Å². The van der Waals surface area contributed by atoms with Crippen molar-refractivity contribution in [3.8, 4) is 11.1 Å². The van der Waals surface area contributed by atoms with Crippen molar-refractivity contribution in [3.63, 3.8) is 0 Å². The predicted octanol–water partition coefficient (Wildman–Crippen LogP) is 4.70. The molecule has 0 radical (unpaired) electrons. The Morgan fingerprint density at radius 1 is 0.765 bits per heavy atom. The maximum atomic E-state index is 4.03. The molecule has 0 N–H and O–H groups in total. The molecule has 0 aliphatic carbocycles. The van der Waals surface area contributed by atoms with Gasteiger partial charge in [-0.2, -0.15) is 0 Å². The molecule has 1 aromatic carbocycles. The number of aryl methyl sites for hydroxylation is 2. The van der Waals surface area contributed by atoms with Crippen LogP contribution in [0.1, 0.15) is 30.5 Å². The van der Waals surface area contributed by atoms with Crippen molar-refractivity contribution in [1.82, 2.24) is 4.98 Å². The highest BCUT2D eigenvalue weighted by atomic mass is 14.6. The quantitative estimate of drug-likeness (QED) is 0.688. The number of pyridine rings is 1. The molecule has 2 aromatic rings. The summed E-state index contributed by atoms with van der Waals surface area (Å²) < 4.78 is 0. The van der Waals surface area contributed by atoms with Gasteiger partial charge in [-0.05, 0) is 60.7 Å². The van der Waals surface area contributed by atoms with Crippen LogP contribution in [-0.2, 0) is 0 Å². The van der Waals surface area contributed by atoms with Crippen molar-refractivity contribution in [2.75, 3.05) is 0 Å². The van der Waals surface area contributed by atoms with Gasteiger partial charge >= 0.3 is 0 Å². The second-order valence-electron chi connectivity index (χ2n) is 3.97. The summed E-state index contributed by atoms with van der Waals surface area (Å²) in [7, 11) is 0. The van der Waals surface area contributed by atoms with Crippen LogP contribution in [0.4, 0.5) is 0 Å². The van der Waals surface area contributed by atoms with Gasteiger partial charge in [0.25, 0.3) is 0 Å². The molecule has 0 saturated heterocycles. The number of aromatic nitrogens is 1. The van der Waals surface area contributed by atoms with Gasteiger partial charge < -0.3 is 0 Å². The fraction of sp³-hybridized carbons (Fsp3) is 0.312. The zero-order chi connectivity index (χ0) is 12.8. The molecule has 1 heterocycles. The number of hydrogen-bond donors (Lipinski definition) is 0. The van der Waals surface area contributed by atoms with Gasteiger partial charge in [0.05, 0.1) is 0 Å². The maximum Gasteiger partial charge on any atom is 0.0273 e. The molecule has 0 atom stereocenters. The monoisotopic (exact) mass is 227 g/mol. The molecule has 90 valence electrons. The summed E-state index contributed by atoms with van der Waals surface area (Å²) in [5.41, 5.74) is 6.59. The first-order valence-corrected chi connectivity index (χ1v) is 6.17. The van der Waals surface area contributed by atoms with E-state index in [1.165, 1.54) is 27.8 Å². The van der Waals surface area contributed by atoms with Crippen molar-refractivity contribution in [1.29, 1.82) is 0 Å². The summed E-state index contributed by atoms with van der Waals surface area (Å²) >= 11 is 0. The third kappa shape index (κ3) is 3.16. The lowest BCUT2D eigenvalue weighted by Crippen LogP contribution is -1.88. The third-order valence-corrected chi connectivity index (χ3v) is 2.94. The molecular formula is C16H21N. The van der Waals surface area contributed by atoms with E-state index >= 15 is 0 Å². The van der Waals surface area contributed by atoms with Gasteiger partial charge in [-0.15, -0.1) is 0 Å². The molecule has 17 heavy (non-hydrogen) atoms. The average Bonchev–Trinajstić information content (AvgIpc) is 2.39. The Bertz CT molecular complexity index is 449. The number of rotatable bonds is 1. The topological polar surface area (TPSA) is 12.9 Å². The van der Waals surface area contributed by atoms with Gasteiger partial charge in [-0.1, -0.05) is 26.0 Å². The Labute approximate surface area is 105 Å². The largest absolute Gasteiger partial charge is 0.265 e. The van der Waals surface area contributed by atoms with Gasteiger partial charge in [-0.25, -0.2) is 0 Å². The molecule has 1 heteroatoms. The highest BCUT2D eigenvalue weighted by Crippen LogP contribution is 2.24. The normalized spacial score (nSPS) is 9.47. The first-order chi connectivity index (χ1) is 8.18. The van der Waals surface area contributed by atoms with Crippen molar-refractivity contribution in [2.45, 2.75) is 34.6 Å².